The van der Waals surface area contributed by atoms with Gasteiger partial charge in [-0.2, -0.15) is 0 Å². The summed E-state index contributed by atoms with van der Waals surface area (Å²) in [6.07, 6.45) is 4.54. The van der Waals surface area contributed by atoms with Gasteiger partial charge in [-0.1, -0.05) is 43.3 Å². The van der Waals surface area contributed by atoms with Crippen molar-refractivity contribution in [3.05, 3.63) is 69.9 Å². The van der Waals surface area contributed by atoms with Gasteiger partial charge in [0.1, 0.15) is 0 Å². The average molecular weight is 384 g/mol. The number of hydrogen-bond acceptors (Lipinski definition) is 4. The number of nitrogens with two attached hydrogens (primary N) is 1. The fourth-order valence-corrected chi connectivity index (χ4v) is 3.87. The second-order valence-electron chi connectivity index (χ2n) is 6.74. The van der Waals surface area contributed by atoms with Gasteiger partial charge in [-0.25, -0.2) is 0 Å². The monoisotopic (exact) mass is 383 g/mol. The lowest BCUT2D eigenvalue weighted by atomic mass is 10.1. The minimum atomic E-state index is -0.588. The van der Waals surface area contributed by atoms with Crippen LogP contribution in [0.5, 0.6) is 0 Å². The van der Waals surface area contributed by atoms with E-state index in [0.29, 0.717) is 25.9 Å². The lowest BCUT2D eigenvalue weighted by molar-refractivity contribution is -0.126. The first-order chi connectivity index (χ1) is 13.1. The third-order valence-electron chi connectivity index (χ3n) is 4.73. The second kappa shape index (κ2) is 8.97. The van der Waals surface area contributed by atoms with Crippen molar-refractivity contribution in [3.63, 3.8) is 0 Å². The fourth-order valence-electron chi connectivity index (χ4n) is 3.11. The van der Waals surface area contributed by atoms with Crippen LogP contribution in [0.15, 0.2) is 53.9 Å². The Kier molecular flexibility index (Phi) is 6.42. The number of carbonyl (C=O) groups excluding carboxylic acids is 2. The zero-order valence-corrected chi connectivity index (χ0v) is 16.2. The highest BCUT2D eigenvalue weighted by Gasteiger charge is 2.22. The summed E-state index contributed by atoms with van der Waals surface area (Å²) in [6, 6.07) is 11.2. The maximum atomic E-state index is 12.5. The van der Waals surface area contributed by atoms with Gasteiger partial charge in [-0.15, -0.1) is 11.3 Å². The number of rotatable bonds is 7. The molecule has 3 N–H and O–H groups in total. The van der Waals surface area contributed by atoms with Crippen molar-refractivity contribution < 1.29 is 9.59 Å². The van der Waals surface area contributed by atoms with Crippen molar-refractivity contribution in [2.45, 2.75) is 44.9 Å². The Bertz CT molecular complexity index is 792. The molecule has 0 saturated carbocycles. The van der Waals surface area contributed by atoms with Gasteiger partial charge in [0.2, 0.25) is 11.8 Å². The number of nitrogens with one attached hydrogen (secondary N) is 1. The highest BCUT2D eigenvalue weighted by Crippen LogP contribution is 2.22. The highest BCUT2D eigenvalue weighted by atomic mass is 32.1. The van der Waals surface area contributed by atoms with Gasteiger partial charge in [-0.3, -0.25) is 9.59 Å². The van der Waals surface area contributed by atoms with E-state index in [1.807, 2.05) is 36.6 Å². The molecular formula is C21H25N3O2S. The zero-order valence-electron chi connectivity index (χ0n) is 15.4. The van der Waals surface area contributed by atoms with Gasteiger partial charge in [-0.05, 0) is 29.0 Å². The predicted octanol–water partition coefficient (Wildman–Crippen LogP) is 2.61. The Balaban J connectivity index is 1.52. The van der Waals surface area contributed by atoms with E-state index in [0.717, 1.165) is 4.88 Å². The minimum Gasteiger partial charge on any atom is -0.349 e. The molecule has 0 saturated heterocycles. The van der Waals surface area contributed by atoms with Crippen LogP contribution in [-0.2, 0) is 29.1 Å². The molecule has 0 bridgehead atoms. The van der Waals surface area contributed by atoms with Crippen molar-refractivity contribution in [1.29, 1.82) is 0 Å². The summed E-state index contributed by atoms with van der Waals surface area (Å²) in [5.41, 5.74) is 8.40. The Morgan fingerprint density at radius 2 is 1.93 bits per heavy atom. The molecule has 1 aliphatic heterocycles. The SMILES string of the molecule is CC[C@@H](C=CC(=O)N1Cc2ccccc2C1)NC(=O)[C@@H](N)Cc1cccs1. The second-order valence-corrected chi connectivity index (χ2v) is 7.77. The normalized spacial score (nSPS) is 15.6. The first-order valence-electron chi connectivity index (χ1n) is 9.19. The summed E-state index contributed by atoms with van der Waals surface area (Å²) < 4.78 is 0. The van der Waals surface area contributed by atoms with Crippen LogP contribution in [0.2, 0.25) is 0 Å². The van der Waals surface area contributed by atoms with Crippen molar-refractivity contribution in [3.8, 4) is 0 Å². The van der Waals surface area contributed by atoms with E-state index in [-0.39, 0.29) is 17.9 Å². The zero-order chi connectivity index (χ0) is 19.2. The molecule has 0 radical (unpaired) electrons. The molecule has 5 nitrogen and oxygen atoms in total. The molecule has 142 valence electrons. The Hall–Kier alpha value is -2.44. The molecule has 0 aliphatic carbocycles. The number of carbonyl (C=O) groups is 2. The van der Waals surface area contributed by atoms with Crippen LogP contribution in [0.3, 0.4) is 0 Å². The van der Waals surface area contributed by atoms with E-state index in [9.17, 15) is 9.59 Å². The van der Waals surface area contributed by atoms with Crippen LogP contribution in [-0.4, -0.2) is 28.8 Å². The van der Waals surface area contributed by atoms with Gasteiger partial charge in [0.25, 0.3) is 0 Å². The number of fused-ring (bicyclic) bond motifs is 1. The van der Waals surface area contributed by atoms with Crippen molar-refractivity contribution >= 4 is 23.2 Å². The summed E-state index contributed by atoms with van der Waals surface area (Å²) in [5.74, 6) is -0.234. The number of hydrogen-bond donors (Lipinski definition) is 2. The van der Waals surface area contributed by atoms with Gasteiger partial charge in [0, 0.05) is 36.5 Å². The molecular weight excluding hydrogens is 358 g/mol. The van der Waals surface area contributed by atoms with E-state index in [1.165, 1.54) is 11.1 Å². The smallest absolute Gasteiger partial charge is 0.246 e. The Morgan fingerprint density at radius 1 is 1.22 bits per heavy atom. The Labute approximate surface area is 163 Å². The maximum absolute atomic E-state index is 12.5. The van der Waals surface area contributed by atoms with E-state index in [4.69, 9.17) is 5.73 Å². The standard InChI is InChI=1S/C21H25N3O2S/c1-2-17(23-21(26)19(22)12-18-8-5-11-27-18)9-10-20(25)24-13-15-6-3-4-7-16(15)14-24/h3-11,17,19H,2,12-14,22H2,1H3,(H,23,26)/t17-,19-/m0/s1. The number of benzene rings is 1. The van der Waals surface area contributed by atoms with Crippen LogP contribution in [0, 0.1) is 0 Å². The molecule has 2 aromatic rings. The van der Waals surface area contributed by atoms with E-state index in [1.54, 1.807) is 28.4 Å². The summed E-state index contributed by atoms with van der Waals surface area (Å²) in [5, 5.41) is 4.90. The number of thiophene rings is 1. The molecule has 2 atom stereocenters. The molecule has 1 aromatic heterocycles. The summed E-state index contributed by atoms with van der Waals surface area (Å²) in [7, 11) is 0. The topological polar surface area (TPSA) is 75.4 Å². The lowest BCUT2D eigenvalue weighted by Gasteiger charge is -2.17. The molecule has 0 unspecified atom stereocenters. The fraction of sp³-hybridized carbons (Fsp3) is 0.333. The Morgan fingerprint density at radius 3 is 2.52 bits per heavy atom. The molecule has 0 spiro atoms. The van der Waals surface area contributed by atoms with Crippen molar-refractivity contribution in [2.24, 2.45) is 5.73 Å². The van der Waals surface area contributed by atoms with Crippen LogP contribution in [0.25, 0.3) is 0 Å². The molecule has 0 fully saturated rings. The first-order valence-corrected chi connectivity index (χ1v) is 10.1. The molecule has 2 amide bonds. The number of amides is 2. The highest BCUT2D eigenvalue weighted by molar-refractivity contribution is 7.09. The lowest BCUT2D eigenvalue weighted by Crippen LogP contribution is -2.45. The molecule has 3 rings (SSSR count). The first kappa shape index (κ1) is 19.3. The van der Waals surface area contributed by atoms with Crippen molar-refractivity contribution in [2.75, 3.05) is 0 Å². The molecule has 1 aromatic carbocycles. The van der Waals surface area contributed by atoms with Gasteiger partial charge < -0.3 is 16.0 Å². The largest absolute Gasteiger partial charge is 0.349 e. The van der Waals surface area contributed by atoms with Crippen LogP contribution >= 0.6 is 11.3 Å². The summed E-state index contributed by atoms with van der Waals surface area (Å²) in [4.78, 5) is 27.7. The van der Waals surface area contributed by atoms with E-state index >= 15 is 0 Å². The van der Waals surface area contributed by atoms with Crippen molar-refractivity contribution in [1.82, 2.24) is 10.2 Å². The van der Waals surface area contributed by atoms with Crippen LogP contribution in [0.1, 0.15) is 29.3 Å². The number of nitrogens with zero attached hydrogens (tertiary/aromatic N) is 1. The van der Waals surface area contributed by atoms with Gasteiger partial charge >= 0.3 is 0 Å². The van der Waals surface area contributed by atoms with Crippen LogP contribution in [0.4, 0.5) is 0 Å². The molecule has 6 heteroatoms. The molecule has 1 aliphatic rings. The van der Waals surface area contributed by atoms with E-state index in [2.05, 4.69) is 17.4 Å². The van der Waals surface area contributed by atoms with Gasteiger partial charge in [0.15, 0.2) is 0 Å². The third-order valence-corrected chi connectivity index (χ3v) is 5.63. The van der Waals surface area contributed by atoms with Gasteiger partial charge in [0.05, 0.1) is 6.04 Å². The minimum absolute atomic E-state index is 0.0400. The van der Waals surface area contributed by atoms with E-state index < -0.39 is 6.04 Å². The summed E-state index contributed by atoms with van der Waals surface area (Å²) in [6.45, 7) is 3.23. The average Bonchev–Trinajstić information content (AvgIpc) is 3.33. The molecule has 27 heavy (non-hydrogen) atoms. The van der Waals surface area contributed by atoms with Crippen LogP contribution < -0.4 is 11.1 Å². The summed E-state index contributed by atoms with van der Waals surface area (Å²) >= 11 is 1.59. The quantitative estimate of drug-likeness (QED) is 0.722. The molecule has 2 heterocycles. The maximum Gasteiger partial charge on any atom is 0.246 e. The predicted molar refractivity (Wildman–Crippen MR) is 108 cm³/mol. The third kappa shape index (κ3) is 5.05.